The number of carbonyl (C=O) groups excluding carboxylic acids is 3. The van der Waals surface area contributed by atoms with E-state index in [4.69, 9.17) is 9.47 Å². The predicted molar refractivity (Wildman–Crippen MR) is 116 cm³/mol. The number of benzene rings is 2. The van der Waals surface area contributed by atoms with Gasteiger partial charge in [0.2, 0.25) is 5.91 Å². The highest BCUT2D eigenvalue weighted by atomic mass is 16.5. The molecule has 1 fully saturated rings. The standard InChI is InChI=1S/C25H27NO5/c1-17-3-5-18(6-4-17)21(27)9-10-24(29)26-13-11-25(12-14-26)16-22(28)20-8-7-19(30-2)15-23(20)31-25/h3-8,15H,9-14,16H2,1-2H3. The molecule has 0 radical (unpaired) electrons. The molecule has 4 rings (SSSR count). The van der Waals surface area contributed by atoms with Gasteiger partial charge in [-0.25, -0.2) is 0 Å². The smallest absolute Gasteiger partial charge is 0.223 e. The molecular formula is C25H27NO5. The van der Waals surface area contributed by atoms with E-state index in [2.05, 4.69) is 0 Å². The summed E-state index contributed by atoms with van der Waals surface area (Å²) in [5.74, 6) is 1.22. The average molecular weight is 421 g/mol. The summed E-state index contributed by atoms with van der Waals surface area (Å²) in [6.45, 7) is 3.01. The van der Waals surface area contributed by atoms with Gasteiger partial charge < -0.3 is 14.4 Å². The largest absolute Gasteiger partial charge is 0.497 e. The van der Waals surface area contributed by atoms with Crippen LogP contribution in [0.4, 0.5) is 0 Å². The zero-order chi connectivity index (χ0) is 22.0. The molecule has 6 nitrogen and oxygen atoms in total. The molecule has 2 aliphatic rings. The zero-order valence-corrected chi connectivity index (χ0v) is 18.0. The Morgan fingerprint density at radius 1 is 1.06 bits per heavy atom. The third-order valence-electron chi connectivity index (χ3n) is 6.27. The van der Waals surface area contributed by atoms with E-state index >= 15 is 0 Å². The molecule has 0 N–H and O–H groups in total. The van der Waals surface area contributed by atoms with E-state index < -0.39 is 5.60 Å². The molecule has 2 aliphatic heterocycles. The number of rotatable bonds is 5. The summed E-state index contributed by atoms with van der Waals surface area (Å²) < 4.78 is 11.5. The average Bonchev–Trinajstić information content (AvgIpc) is 2.77. The number of fused-ring (bicyclic) bond motifs is 1. The van der Waals surface area contributed by atoms with Crippen molar-refractivity contribution in [1.29, 1.82) is 0 Å². The third kappa shape index (κ3) is 4.48. The second-order valence-electron chi connectivity index (χ2n) is 8.42. The number of hydrogen-bond acceptors (Lipinski definition) is 5. The summed E-state index contributed by atoms with van der Waals surface area (Å²) in [6, 6.07) is 12.7. The first kappa shape index (κ1) is 21.1. The number of carbonyl (C=O) groups is 3. The number of hydrogen-bond donors (Lipinski definition) is 0. The van der Waals surface area contributed by atoms with E-state index in [-0.39, 0.29) is 30.3 Å². The Morgan fingerprint density at radius 2 is 1.77 bits per heavy atom. The van der Waals surface area contributed by atoms with Gasteiger partial charge in [0, 0.05) is 50.4 Å². The molecule has 2 aromatic carbocycles. The van der Waals surface area contributed by atoms with Crippen molar-refractivity contribution in [2.75, 3.05) is 20.2 Å². The second-order valence-corrected chi connectivity index (χ2v) is 8.42. The Morgan fingerprint density at radius 3 is 2.45 bits per heavy atom. The Balaban J connectivity index is 1.33. The third-order valence-corrected chi connectivity index (χ3v) is 6.27. The highest BCUT2D eigenvalue weighted by Gasteiger charge is 2.43. The highest BCUT2D eigenvalue weighted by Crippen LogP contribution is 2.40. The molecule has 1 spiro atoms. The van der Waals surface area contributed by atoms with Crippen LogP contribution in [-0.4, -0.2) is 48.2 Å². The Bertz CT molecular complexity index is 1000. The van der Waals surface area contributed by atoms with Crippen LogP contribution in [0.1, 0.15) is 58.4 Å². The van der Waals surface area contributed by atoms with Gasteiger partial charge in [-0.2, -0.15) is 0 Å². The van der Waals surface area contributed by atoms with Gasteiger partial charge in [0.15, 0.2) is 11.6 Å². The summed E-state index contributed by atoms with van der Waals surface area (Å²) in [5, 5.41) is 0. The van der Waals surface area contributed by atoms with Crippen molar-refractivity contribution in [2.45, 2.75) is 44.6 Å². The van der Waals surface area contributed by atoms with Crippen molar-refractivity contribution in [3.05, 3.63) is 59.2 Å². The van der Waals surface area contributed by atoms with Crippen LogP contribution in [0.5, 0.6) is 11.5 Å². The van der Waals surface area contributed by atoms with Gasteiger partial charge in [0.25, 0.3) is 0 Å². The van der Waals surface area contributed by atoms with Gasteiger partial charge in [-0.3, -0.25) is 14.4 Å². The van der Waals surface area contributed by atoms with Crippen LogP contribution in [-0.2, 0) is 4.79 Å². The van der Waals surface area contributed by atoms with Gasteiger partial charge in [-0.05, 0) is 19.1 Å². The molecular weight excluding hydrogens is 394 g/mol. The fourth-order valence-electron chi connectivity index (χ4n) is 4.31. The fraction of sp³-hybridized carbons (Fsp3) is 0.400. The van der Waals surface area contributed by atoms with Crippen LogP contribution < -0.4 is 9.47 Å². The minimum absolute atomic E-state index is 0.0198. The first-order chi connectivity index (χ1) is 14.9. The molecule has 1 saturated heterocycles. The number of Topliss-reactive ketones (excluding diaryl/α,β-unsaturated/α-hetero) is 2. The van der Waals surface area contributed by atoms with Crippen LogP contribution >= 0.6 is 0 Å². The van der Waals surface area contributed by atoms with E-state index in [1.54, 1.807) is 42.3 Å². The van der Waals surface area contributed by atoms with E-state index in [1.165, 1.54) is 0 Å². The molecule has 2 heterocycles. The molecule has 162 valence electrons. The minimum atomic E-state index is -0.578. The van der Waals surface area contributed by atoms with E-state index in [1.807, 2.05) is 19.1 Å². The summed E-state index contributed by atoms with van der Waals surface area (Å²) in [4.78, 5) is 39.5. The summed E-state index contributed by atoms with van der Waals surface area (Å²) in [5.41, 5.74) is 1.74. The molecule has 2 aromatic rings. The number of nitrogens with zero attached hydrogens (tertiary/aromatic N) is 1. The highest BCUT2D eigenvalue weighted by molar-refractivity contribution is 6.00. The molecule has 6 heteroatoms. The van der Waals surface area contributed by atoms with Gasteiger partial charge in [0.1, 0.15) is 17.1 Å². The van der Waals surface area contributed by atoms with Gasteiger partial charge in [-0.15, -0.1) is 0 Å². The Hall–Kier alpha value is -3.15. The van der Waals surface area contributed by atoms with Crippen molar-refractivity contribution >= 4 is 17.5 Å². The lowest BCUT2D eigenvalue weighted by Gasteiger charge is -2.44. The predicted octanol–water partition coefficient (Wildman–Crippen LogP) is 3.99. The molecule has 0 bridgehead atoms. The zero-order valence-electron chi connectivity index (χ0n) is 18.0. The topological polar surface area (TPSA) is 72.9 Å². The van der Waals surface area contributed by atoms with Crippen molar-refractivity contribution in [2.24, 2.45) is 0 Å². The molecule has 0 saturated carbocycles. The number of amides is 1. The maximum absolute atomic E-state index is 12.7. The maximum atomic E-state index is 12.7. The molecule has 0 atom stereocenters. The number of methoxy groups -OCH3 is 1. The van der Waals surface area contributed by atoms with Gasteiger partial charge in [0.05, 0.1) is 19.1 Å². The van der Waals surface area contributed by atoms with Crippen LogP contribution in [0, 0.1) is 6.92 Å². The lowest BCUT2D eigenvalue weighted by molar-refractivity contribution is -0.134. The van der Waals surface area contributed by atoms with Crippen molar-refractivity contribution < 1.29 is 23.9 Å². The SMILES string of the molecule is COc1ccc2c(c1)OC1(CCN(C(=O)CCC(=O)c3ccc(C)cc3)CC1)CC2=O. The summed E-state index contributed by atoms with van der Waals surface area (Å²) in [7, 11) is 1.58. The molecule has 31 heavy (non-hydrogen) atoms. The number of ketones is 2. The van der Waals surface area contributed by atoms with Crippen LogP contribution in [0.2, 0.25) is 0 Å². The number of ether oxygens (including phenoxy) is 2. The fourth-order valence-corrected chi connectivity index (χ4v) is 4.31. The van der Waals surface area contributed by atoms with Crippen LogP contribution in [0.25, 0.3) is 0 Å². The van der Waals surface area contributed by atoms with Crippen molar-refractivity contribution in [1.82, 2.24) is 4.90 Å². The quantitative estimate of drug-likeness (QED) is 0.683. The van der Waals surface area contributed by atoms with E-state index in [0.717, 1.165) is 5.56 Å². The summed E-state index contributed by atoms with van der Waals surface area (Å²) in [6.07, 6.45) is 1.89. The molecule has 0 unspecified atom stereocenters. The van der Waals surface area contributed by atoms with Crippen LogP contribution in [0.15, 0.2) is 42.5 Å². The second kappa shape index (κ2) is 8.53. The molecule has 1 amide bonds. The van der Waals surface area contributed by atoms with Crippen molar-refractivity contribution in [3.63, 3.8) is 0 Å². The summed E-state index contributed by atoms with van der Waals surface area (Å²) >= 11 is 0. The van der Waals surface area contributed by atoms with Gasteiger partial charge in [-0.1, -0.05) is 29.8 Å². The van der Waals surface area contributed by atoms with Crippen LogP contribution in [0.3, 0.4) is 0 Å². The van der Waals surface area contributed by atoms with Gasteiger partial charge >= 0.3 is 0 Å². The molecule has 0 aromatic heterocycles. The van der Waals surface area contributed by atoms with E-state index in [9.17, 15) is 14.4 Å². The number of piperidine rings is 1. The molecule has 0 aliphatic carbocycles. The Labute approximate surface area is 182 Å². The van der Waals surface area contributed by atoms with E-state index in [0.29, 0.717) is 55.0 Å². The number of aryl methyl sites for hydroxylation is 1. The normalized spacial score (nSPS) is 17.1. The first-order valence-corrected chi connectivity index (χ1v) is 10.7. The monoisotopic (exact) mass is 421 g/mol. The maximum Gasteiger partial charge on any atom is 0.223 e. The van der Waals surface area contributed by atoms with Crippen molar-refractivity contribution in [3.8, 4) is 11.5 Å². The Kier molecular flexibility index (Phi) is 5.81. The number of likely N-dealkylation sites (tertiary alicyclic amines) is 1. The lowest BCUT2D eigenvalue weighted by atomic mass is 9.82. The first-order valence-electron chi connectivity index (χ1n) is 10.7. The lowest BCUT2D eigenvalue weighted by Crippen LogP contribution is -2.52. The minimum Gasteiger partial charge on any atom is -0.497 e.